The van der Waals surface area contributed by atoms with Gasteiger partial charge in [0.15, 0.2) is 0 Å². The maximum atomic E-state index is 8.92. The molecule has 1 atom stereocenters. The highest BCUT2D eigenvalue weighted by atomic mass is 16.5. The Balaban J connectivity index is 3.25. The predicted molar refractivity (Wildman–Crippen MR) is 65.5 cm³/mol. The van der Waals surface area contributed by atoms with Gasteiger partial charge in [0.2, 0.25) is 0 Å². The van der Waals surface area contributed by atoms with Gasteiger partial charge >= 0.3 is 0 Å². The normalized spacial score (nSPS) is 11.6. The van der Waals surface area contributed by atoms with Crippen molar-refractivity contribution >= 4 is 0 Å². The lowest BCUT2D eigenvalue weighted by molar-refractivity contribution is 0.395. The fraction of sp³-hybridized carbons (Fsp3) is 0.429. The lowest BCUT2D eigenvalue weighted by Gasteiger charge is -2.21. The molecule has 0 saturated heterocycles. The second-order valence-electron chi connectivity index (χ2n) is 4.28. The maximum absolute atomic E-state index is 8.92. The molecule has 0 aliphatic rings. The van der Waals surface area contributed by atoms with Gasteiger partial charge in [0, 0.05) is 12.3 Å². The lowest BCUT2D eigenvalue weighted by atomic mass is 9.85. The molecule has 0 saturated carbocycles. The molecule has 0 radical (unpaired) electrons. The number of rotatable bonds is 4. The van der Waals surface area contributed by atoms with Gasteiger partial charge in [0.1, 0.15) is 5.75 Å². The smallest absolute Gasteiger partial charge is 0.122 e. The molecule has 88 valence electrons. The molecule has 1 aromatic rings. The van der Waals surface area contributed by atoms with Gasteiger partial charge in [0.25, 0.3) is 0 Å². The van der Waals surface area contributed by atoms with Gasteiger partial charge in [-0.05, 0) is 29.7 Å². The Hall–Kier alpha value is -2.00. The predicted octanol–water partition coefficient (Wildman–Crippen LogP) is 3.22. The molecule has 0 aliphatic heterocycles. The van der Waals surface area contributed by atoms with Crippen molar-refractivity contribution in [2.75, 3.05) is 7.11 Å². The summed E-state index contributed by atoms with van der Waals surface area (Å²) in [7, 11) is 1.61. The molecule has 0 aliphatic carbocycles. The molecule has 0 spiro atoms. The Labute approximate surface area is 102 Å². The minimum Gasteiger partial charge on any atom is -0.496 e. The zero-order chi connectivity index (χ0) is 12.8. The molecule has 1 aromatic carbocycles. The lowest BCUT2D eigenvalue weighted by Crippen LogP contribution is -2.08. The third-order valence-corrected chi connectivity index (χ3v) is 2.87. The molecular formula is C14H16N2O. The second-order valence-corrected chi connectivity index (χ2v) is 4.28. The zero-order valence-corrected chi connectivity index (χ0v) is 10.4. The Morgan fingerprint density at radius 3 is 2.47 bits per heavy atom. The van der Waals surface area contributed by atoms with Crippen molar-refractivity contribution < 1.29 is 4.74 Å². The third kappa shape index (κ3) is 2.98. The van der Waals surface area contributed by atoms with Crippen LogP contribution in [0.15, 0.2) is 18.2 Å². The summed E-state index contributed by atoms with van der Waals surface area (Å²) in [5, 5.41) is 17.8. The maximum Gasteiger partial charge on any atom is 0.122 e. The molecule has 0 heterocycles. The van der Waals surface area contributed by atoms with Crippen LogP contribution >= 0.6 is 0 Å². The summed E-state index contributed by atoms with van der Waals surface area (Å²) in [4.78, 5) is 0. The minimum absolute atomic E-state index is 0.100. The number of nitriles is 2. The van der Waals surface area contributed by atoms with Crippen molar-refractivity contribution in [3.05, 3.63) is 29.3 Å². The highest BCUT2D eigenvalue weighted by Crippen LogP contribution is 2.34. The van der Waals surface area contributed by atoms with Gasteiger partial charge in [0.05, 0.1) is 24.8 Å². The zero-order valence-electron chi connectivity index (χ0n) is 10.4. The van der Waals surface area contributed by atoms with E-state index in [4.69, 9.17) is 15.3 Å². The van der Waals surface area contributed by atoms with Crippen LogP contribution in [0.2, 0.25) is 0 Å². The van der Waals surface area contributed by atoms with E-state index in [1.807, 2.05) is 6.07 Å². The molecule has 0 amide bonds. The molecular weight excluding hydrogens is 212 g/mol. The van der Waals surface area contributed by atoms with Gasteiger partial charge in [-0.15, -0.1) is 0 Å². The van der Waals surface area contributed by atoms with Gasteiger partial charge in [-0.2, -0.15) is 10.5 Å². The second kappa shape index (κ2) is 5.92. The van der Waals surface area contributed by atoms with Crippen molar-refractivity contribution in [2.24, 2.45) is 5.92 Å². The SMILES string of the molecule is COc1ccc(C#N)cc1C(CC#N)C(C)C. The topological polar surface area (TPSA) is 56.8 Å². The van der Waals surface area contributed by atoms with Crippen molar-refractivity contribution in [1.82, 2.24) is 0 Å². The van der Waals surface area contributed by atoms with Crippen molar-refractivity contribution in [1.29, 1.82) is 10.5 Å². The first-order valence-electron chi connectivity index (χ1n) is 5.59. The highest BCUT2D eigenvalue weighted by molar-refractivity contribution is 5.44. The summed E-state index contributed by atoms with van der Waals surface area (Å²) in [6.07, 6.45) is 0.433. The van der Waals surface area contributed by atoms with Crippen LogP contribution < -0.4 is 4.74 Å². The first kappa shape index (κ1) is 13.1. The molecule has 3 heteroatoms. The first-order valence-corrected chi connectivity index (χ1v) is 5.59. The van der Waals surface area contributed by atoms with E-state index in [-0.39, 0.29) is 5.92 Å². The highest BCUT2D eigenvalue weighted by Gasteiger charge is 2.20. The van der Waals surface area contributed by atoms with E-state index in [1.54, 1.807) is 19.2 Å². The molecule has 17 heavy (non-hydrogen) atoms. The van der Waals surface area contributed by atoms with E-state index < -0.39 is 0 Å². The largest absolute Gasteiger partial charge is 0.496 e. The summed E-state index contributed by atoms with van der Waals surface area (Å²) in [5.41, 5.74) is 1.55. The number of hydrogen-bond acceptors (Lipinski definition) is 3. The summed E-state index contributed by atoms with van der Waals surface area (Å²) in [6, 6.07) is 9.65. The van der Waals surface area contributed by atoms with E-state index >= 15 is 0 Å². The van der Waals surface area contributed by atoms with E-state index in [0.29, 0.717) is 17.9 Å². The van der Waals surface area contributed by atoms with Crippen molar-refractivity contribution in [3.63, 3.8) is 0 Å². The molecule has 3 nitrogen and oxygen atoms in total. The van der Waals surface area contributed by atoms with Crippen LogP contribution in [0.4, 0.5) is 0 Å². The average Bonchev–Trinajstić information content (AvgIpc) is 2.34. The van der Waals surface area contributed by atoms with Crippen LogP contribution in [0.1, 0.15) is 37.3 Å². The van der Waals surface area contributed by atoms with Gasteiger partial charge < -0.3 is 4.74 Å². The van der Waals surface area contributed by atoms with Gasteiger partial charge in [-0.25, -0.2) is 0 Å². The van der Waals surface area contributed by atoms with Crippen LogP contribution in [0.5, 0.6) is 5.75 Å². The summed E-state index contributed by atoms with van der Waals surface area (Å²) >= 11 is 0. The van der Waals surface area contributed by atoms with Gasteiger partial charge in [-0.1, -0.05) is 13.8 Å². The summed E-state index contributed by atoms with van der Waals surface area (Å²) in [6.45, 7) is 4.14. The van der Waals surface area contributed by atoms with Crippen LogP contribution in [0.3, 0.4) is 0 Å². The van der Waals surface area contributed by atoms with E-state index in [9.17, 15) is 0 Å². The molecule has 0 fully saturated rings. The van der Waals surface area contributed by atoms with Crippen molar-refractivity contribution in [3.8, 4) is 17.9 Å². The molecule has 1 rings (SSSR count). The molecule has 0 N–H and O–H groups in total. The number of ether oxygens (including phenoxy) is 1. The standard InChI is InChI=1S/C14H16N2O/c1-10(2)12(6-7-15)13-8-11(9-16)4-5-14(13)17-3/h4-5,8,10,12H,6H2,1-3H3. The monoisotopic (exact) mass is 228 g/mol. The van der Waals surface area contributed by atoms with E-state index in [0.717, 1.165) is 11.3 Å². The quantitative estimate of drug-likeness (QED) is 0.795. The van der Waals surface area contributed by atoms with Crippen LogP contribution in [-0.2, 0) is 0 Å². The van der Waals surface area contributed by atoms with Crippen molar-refractivity contribution in [2.45, 2.75) is 26.2 Å². The molecule has 1 unspecified atom stereocenters. The minimum atomic E-state index is 0.100. The average molecular weight is 228 g/mol. The number of methoxy groups -OCH3 is 1. The summed E-state index contributed by atoms with van der Waals surface area (Å²) < 4.78 is 5.30. The number of hydrogen-bond donors (Lipinski definition) is 0. The van der Waals surface area contributed by atoms with Gasteiger partial charge in [-0.3, -0.25) is 0 Å². The fourth-order valence-electron chi connectivity index (χ4n) is 1.90. The Bertz CT molecular complexity index is 466. The molecule has 0 aromatic heterocycles. The summed E-state index contributed by atoms with van der Waals surface area (Å²) in [5.74, 6) is 1.18. The first-order chi connectivity index (χ1) is 8.13. The number of benzene rings is 1. The van der Waals surface area contributed by atoms with Crippen LogP contribution in [0.25, 0.3) is 0 Å². The molecule has 0 bridgehead atoms. The van der Waals surface area contributed by atoms with E-state index in [2.05, 4.69) is 26.0 Å². The number of nitrogens with zero attached hydrogens (tertiary/aromatic N) is 2. The fourth-order valence-corrected chi connectivity index (χ4v) is 1.90. The van der Waals surface area contributed by atoms with E-state index in [1.165, 1.54) is 0 Å². The van der Waals surface area contributed by atoms with Crippen LogP contribution in [0, 0.1) is 28.6 Å². The third-order valence-electron chi connectivity index (χ3n) is 2.87. The Kier molecular flexibility index (Phi) is 4.55. The van der Waals surface area contributed by atoms with Crippen LogP contribution in [-0.4, -0.2) is 7.11 Å². The Morgan fingerprint density at radius 2 is 2.00 bits per heavy atom. The Morgan fingerprint density at radius 1 is 1.29 bits per heavy atom.